The summed E-state index contributed by atoms with van der Waals surface area (Å²) in [6, 6.07) is 6.76. The molecule has 0 spiro atoms. The van der Waals surface area contributed by atoms with E-state index in [-0.39, 0.29) is 5.24 Å². The number of nitrogens with two attached hydrogens (primary N) is 1. The zero-order valence-electron chi connectivity index (χ0n) is 8.56. The molecule has 0 unspecified atom stereocenters. The summed E-state index contributed by atoms with van der Waals surface area (Å²) >= 11 is 0. The van der Waals surface area contributed by atoms with Crippen molar-refractivity contribution in [1.82, 2.24) is 0 Å². The Hall–Kier alpha value is -1.56. The smallest absolute Gasteiger partial charge is 0.287 e. The highest BCUT2D eigenvalue weighted by molar-refractivity contribution is 8.43. The Morgan fingerprint density at radius 3 is 2.67 bits per heavy atom. The third-order valence-electron chi connectivity index (χ3n) is 1.77. The van der Waals surface area contributed by atoms with Gasteiger partial charge in [0.05, 0.1) is 0 Å². The van der Waals surface area contributed by atoms with E-state index in [4.69, 9.17) is 5.73 Å². The van der Waals surface area contributed by atoms with Crippen LogP contribution in [0.15, 0.2) is 28.8 Å². The average molecular weight is 227 g/mol. The minimum absolute atomic E-state index is 0.372. The van der Waals surface area contributed by atoms with Gasteiger partial charge in [0.2, 0.25) is 0 Å². The Balaban J connectivity index is 2.79. The number of carbonyl (C=O) groups excluding carboxylic acids is 1. The maximum Gasteiger partial charge on any atom is 0.287 e. The molecule has 3 N–H and O–H groups in total. The van der Waals surface area contributed by atoms with E-state index in [0.717, 1.165) is 0 Å². The molecule has 5 nitrogen and oxygen atoms in total. The number of rotatable bonds is 2. The van der Waals surface area contributed by atoms with Gasteiger partial charge in [-0.1, -0.05) is 6.07 Å². The first-order chi connectivity index (χ1) is 6.95. The van der Waals surface area contributed by atoms with Crippen LogP contribution in [0.25, 0.3) is 0 Å². The molecule has 6 heteroatoms. The molecule has 1 aromatic carbocycles. The van der Waals surface area contributed by atoms with Gasteiger partial charge in [0.1, 0.15) is 0 Å². The second-order valence-electron chi connectivity index (χ2n) is 3.39. The first kappa shape index (κ1) is 11.5. The van der Waals surface area contributed by atoms with Crippen LogP contribution in [0.5, 0.6) is 0 Å². The minimum Gasteiger partial charge on any atom is -0.399 e. The average Bonchev–Trinajstić information content (AvgIpc) is 2.17. The molecule has 0 saturated heterocycles. The van der Waals surface area contributed by atoms with E-state index in [1.165, 1.54) is 12.5 Å². The molecule has 0 saturated carbocycles. The molecule has 0 aromatic heterocycles. The molecule has 0 aliphatic carbocycles. The third-order valence-corrected chi connectivity index (χ3v) is 3.16. The predicted octanol–water partition coefficient (Wildman–Crippen LogP) is 2.55. The Bertz CT molecular complexity index is 393. The summed E-state index contributed by atoms with van der Waals surface area (Å²) < 4.78 is 2.83. The van der Waals surface area contributed by atoms with Gasteiger partial charge in [-0.2, -0.15) is 0 Å². The van der Waals surface area contributed by atoms with Crippen molar-refractivity contribution >= 4 is 26.8 Å². The lowest BCUT2D eigenvalue weighted by molar-refractivity contribution is 0.269. The maximum absolute atomic E-state index is 11.6. The molecule has 0 radical (unpaired) electrons. The van der Waals surface area contributed by atoms with Crippen LogP contribution in [0.1, 0.15) is 0 Å². The predicted molar refractivity (Wildman–Crippen MR) is 65.1 cm³/mol. The normalized spacial score (nSPS) is 11.9. The summed E-state index contributed by atoms with van der Waals surface area (Å²) in [5.74, 6) is 0. The standard InChI is InChI=1S/C9H13N3O2S/c1-15(2,12-14)9(13)11-8-5-3-4-7(10)6-8/h3-6H,10H2,1-2H3,(H,11,13). The van der Waals surface area contributed by atoms with Gasteiger partial charge in [0, 0.05) is 11.4 Å². The molecule has 0 aliphatic rings. The van der Waals surface area contributed by atoms with Crippen molar-refractivity contribution in [3.8, 4) is 0 Å². The van der Waals surface area contributed by atoms with Crippen molar-refractivity contribution in [2.75, 3.05) is 23.6 Å². The van der Waals surface area contributed by atoms with Crippen molar-refractivity contribution in [1.29, 1.82) is 0 Å². The highest BCUT2D eigenvalue weighted by atomic mass is 32.3. The van der Waals surface area contributed by atoms with Crippen LogP contribution < -0.4 is 11.1 Å². The van der Waals surface area contributed by atoms with Gasteiger partial charge in [-0.05, 0) is 45.5 Å². The van der Waals surface area contributed by atoms with Crippen molar-refractivity contribution in [3.05, 3.63) is 29.2 Å². The number of benzene rings is 1. The number of hydrogen-bond donors (Lipinski definition) is 2. The van der Waals surface area contributed by atoms with Crippen molar-refractivity contribution in [3.63, 3.8) is 0 Å². The summed E-state index contributed by atoms with van der Waals surface area (Å²) in [5.41, 5.74) is 6.67. The number of nitrogens with one attached hydrogen (secondary N) is 1. The highest BCUT2D eigenvalue weighted by Crippen LogP contribution is 2.42. The van der Waals surface area contributed by atoms with Crippen LogP contribution in [0.3, 0.4) is 0 Å². The molecule has 0 bridgehead atoms. The van der Waals surface area contributed by atoms with Gasteiger partial charge in [-0.3, -0.25) is 4.79 Å². The number of carbonyl (C=O) groups is 1. The highest BCUT2D eigenvalue weighted by Gasteiger charge is 2.22. The van der Waals surface area contributed by atoms with Gasteiger partial charge >= 0.3 is 0 Å². The van der Waals surface area contributed by atoms with Gasteiger partial charge in [-0.25, -0.2) is 0 Å². The fourth-order valence-electron chi connectivity index (χ4n) is 0.893. The van der Waals surface area contributed by atoms with Crippen molar-refractivity contribution in [2.45, 2.75) is 0 Å². The number of nitroso groups, excluding NO2 is 1. The largest absolute Gasteiger partial charge is 0.399 e. The summed E-state index contributed by atoms with van der Waals surface area (Å²) in [6.45, 7) is 0. The first-order valence-electron chi connectivity index (χ1n) is 4.20. The van der Waals surface area contributed by atoms with Crippen LogP contribution in [0.2, 0.25) is 0 Å². The van der Waals surface area contributed by atoms with E-state index in [0.29, 0.717) is 11.4 Å². The van der Waals surface area contributed by atoms with Gasteiger partial charge < -0.3 is 11.1 Å². The van der Waals surface area contributed by atoms with Crippen molar-refractivity contribution in [2.24, 2.45) is 4.58 Å². The maximum atomic E-state index is 11.6. The van der Waals surface area contributed by atoms with E-state index >= 15 is 0 Å². The molecule has 15 heavy (non-hydrogen) atoms. The number of hydrogen-bond acceptors (Lipinski definition) is 4. The molecule has 0 fully saturated rings. The fourth-order valence-corrected chi connectivity index (χ4v) is 1.33. The van der Waals surface area contributed by atoms with E-state index in [9.17, 15) is 9.70 Å². The van der Waals surface area contributed by atoms with Crippen LogP contribution in [-0.4, -0.2) is 17.8 Å². The number of anilines is 2. The van der Waals surface area contributed by atoms with Crippen LogP contribution >= 0.6 is 10.2 Å². The number of nitrogen functional groups attached to an aromatic ring is 1. The molecule has 1 rings (SSSR count). The van der Waals surface area contributed by atoms with Gasteiger partial charge in [0.25, 0.3) is 5.24 Å². The Morgan fingerprint density at radius 1 is 1.47 bits per heavy atom. The molecular formula is C9H13N3O2S. The quantitative estimate of drug-likeness (QED) is 0.601. The summed E-state index contributed by atoms with van der Waals surface area (Å²) in [5, 5.41) is 2.23. The zero-order valence-corrected chi connectivity index (χ0v) is 9.38. The lowest BCUT2D eigenvalue weighted by atomic mass is 10.3. The number of amides is 1. The van der Waals surface area contributed by atoms with Crippen LogP contribution in [0, 0.1) is 4.91 Å². The number of nitrogens with zero attached hydrogens (tertiary/aromatic N) is 1. The summed E-state index contributed by atoms with van der Waals surface area (Å²) in [4.78, 5) is 22.0. The Kier molecular flexibility index (Phi) is 3.31. The zero-order chi connectivity index (χ0) is 11.5. The first-order valence-corrected chi connectivity index (χ1v) is 6.61. The molecule has 0 aliphatic heterocycles. The van der Waals surface area contributed by atoms with E-state index < -0.39 is 10.2 Å². The van der Waals surface area contributed by atoms with Gasteiger partial charge in [-0.15, -0.1) is 4.91 Å². The van der Waals surface area contributed by atoms with E-state index in [2.05, 4.69) is 9.90 Å². The lowest BCUT2D eigenvalue weighted by Crippen LogP contribution is -2.15. The molecule has 0 atom stereocenters. The van der Waals surface area contributed by atoms with Crippen molar-refractivity contribution < 1.29 is 4.79 Å². The summed E-state index contributed by atoms with van der Waals surface area (Å²) in [6.07, 6.45) is 3.06. The minimum atomic E-state index is -2.13. The second-order valence-corrected chi connectivity index (χ2v) is 6.45. The fraction of sp³-hybridized carbons (Fsp3) is 0.222. The third kappa shape index (κ3) is 2.95. The molecule has 0 heterocycles. The second kappa shape index (κ2) is 4.31. The molecular weight excluding hydrogens is 214 g/mol. The van der Waals surface area contributed by atoms with E-state index in [1.54, 1.807) is 24.3 Å². The summed E-state index contributed by atoms with van der Waals surface area (Å²) in [7, 11) is -2.13. The molecule has 1 amide bonds. The SMILES string of the molecule is CS(C)(N=O)C(=O)Nc1cccc(N)c1. The molecule has 82 valence electrons. The van der Waals surface area contributed by atoms with Crippen LogP contribution in [-0.2, 0) is 0 Å². The molecule has 1 aromatic rings. The topological polar surface area (TPSA) is 84.5 Å². The van der Waals surface area contributed by atoms with E-state index in [1.807, 2.05) is 0 Å². The van der Waals surface area contributed by atoms with Crippen LogP contribution in [0.4, 0.5) is 16.2 Å². The Labute approximate surface area is 89.5 Å². The lowest BCUT2D eigenvalue weighted by Gasteiger charge is -2.19. The monoisotopic (exact) mass is 227 g/mol. The van der Waals surface area contributed by atoms with Gasteiger partial charge in [0.15, 0.2) is 0 Å². The Morgan fingerprint density at radius 2 is 2.13 bits per heavy atom.